The topological polar surface area (TPSA) is 88.4 Å². The van der Waals surface area contributed by atoms with Gasteiger partial charge in [-0.05, 0) is 48.0 Å². The zero-order chi connectivity index (χ0) is 16.0. The second-order valence-electron chi connectivity index (χ2n) is 6.43. The second-order valence-corrected chi connectivity index (χ2v) is 6.43. The highest BCUT2D eigenvalue weighted by Gasteiger charge is 2.28. The predicted molar refractivity (Wildman–Crippen MR) is 73.8 cm³/mol. The van der Waals surface area contributed by atoms with Gasteiger partial charge < -0.3 is 14.8 Å². The van der Waals surface area contributed by atoms with E-state index in [4.69, 9.17) is 14.7 Å². The molecule has 1 amide bonds. The Morgan fingerprint density at radius 3 is 2.00 bits per heavy atom. The highest BCUT2D eigenvalue weighted by atomic mass is 16.6. The molecule has 0 aromatic carbocycles. The lowest BCUT2D eigenvalue weighted by Gasteiger charge is -2.25. The number of nitrogens with zero attached hydrogens (tertiary/aromatic N) is 1. The molecule has 0 aliphatic heterocycles. The molecule has 0 bridgehead atoms. The lowest BCUT2D eigenvalue weighted by Crippen LogP contribution is -2.46. The van der Waals surface area contributed by atoms with Gasteiger partial charge in [0, 0.05) is 6.42 Å². The van der Waals surface area contributed by atoms with E-state index in [1.165, 1.54) is 0 Å². The molecule has 0 heterocycles. The maximum atomic E-state index is 12.0. The Labute approximate surface area is 120 Å². The lowest BCUT2D eigenvalue weighted by molar-refractivity contribution is -0.157. The van der Waals surface area contributed by atoms with Gasteiger partial charge in [-0.2, -0.15) is 5.26 Å². The van der Waals surface area contributed by atoms with Crippen molar-refractivity contribution >= 4 is 12.1 Å². The van der Waals surface area contributed by atoms with Crippen molar-refractivity contribution in [3.05, 3.63) is 0 Å². The van der Waals surface area contributed by atoms with Crippen LogP contribution in [0.3, 0.4) is 0 Å². The molecule has 0 radical (unpaired) electrons. The maximum absolute atomic E-state index is 12.0. The summed E-state index contributed by atoms with van der Waals surface area (Å²) < 4.78 is 10.3. The van der Waals surface area contributed by atoms with E-state index in [-0.39, 0.29) is 12.8 Å². The van der Waals surface area contributed by atoms with Gasteiger partial charge in [-0.15, -0.1) is 0 Å². The van der Waals surface area contributed by atoms with E-state index < -0.39 is 29.3 Å². The van der Waals surface area contributed by atoms with Gasteiger partial charge in [0.05, 0.1) is 6.07 Å². The zero-order valence-corrected chi connectivity index (χ0v) is 13.1. The van der Waals surface area contributed by atoms with Crippen LogP contribution >= 0.6 is 0 Å². The fraction of sp³-hybridized carbons (Fsp3) is 0.786. The molecule has 0 saturated heterocycles. The Morgan fingerprint density at radius 1 is 1.10 bits per heavy atom. The molecule has 1 N–H and O–H groups in total. The van der Waals surface area contributed by atoms with E-state index >= 15 is 0 Å². The summed E-state index contributed by atoms with van der Waals surface area (Å²) >= 11 is 0. The summed E-state index contributed by atoms with van der Waals surface area (Å²) in [5.74, 6) is -0.571. The van der Waals surface area contributed by atoms with E-state index in [2.05, 4.69) is 5.32 Å². The number of alkyl carbamates (subject to hydrolysis) is 1. The number of ether oxygens (including phenoxy) is 2. The number of nitrogens with one attached hydrogen (secondary N) is 1. The molecule has 0 spiro atoms. The molecule has 114 valence electrons. The zero-order valence-electron chi connectivity index (χ0n) is 13.1. The van der Waals surface area contributed by atoms with Crippen LogP contribution in [0, 0.1) is 11.3 Å². The van der Waals surface area contributed by atoms with E-state index in [9.17, 15) is 9.59 Å². The monoisotopic (exact) mass is 284 g/mol. The molecule has 0 aliphatic carbocycles. The standard InChI is InChI=1S/C14H24N2O4/c1-13(2,3)19-11(17)10(8-7-9-15)16-12(18)20-14(4,5)6/h10H,7-8H2,1-6H3,(H,16,18)/t10-/m0/s1. The highest BCUT2D eigenvalue weighted by molar-refractivity contribution is 5.81. The molecule has 20 heavy (non-hydrogen) atoms. The number of nitriles is 1. The Morgan fingerprint density at radius 2 is 1.60 bits per heavy atom. The van der Waals surface area contributed by atoms with Crippen LogP contribution in [0.15, 0.2) is 0 Å². The van der Waals surface area contributed by atoms with Crippen LogP contribution in [0.1, 0.15) is 54.4 Å². The molecule has 0 fully saturated rings. The van der Waals surface area contributed by atoms with Crippen LogP contribution in [0.5, 0.6) is 0 Å². The smallest absolute Gasteiger partial charge is 0.408 e. The molecule has 0 aromatic rings. The van der Waals surface area contributed by atoms with Crippen LogP contribution < -0.4 is 5.32 Å². The summed E-state index contributed by atoms with van der Waals surface area (Å²) in [6.45, 7) is 10.4. The van der Waals surface area contributed by atoms with Crippen LogP contribution in [-0.4, -0.2) is 29.3 Å². The molecule has 0 saturated carbocycles. The van der Waals surface area contributed by atoms with Gasteiger partial charge in [0.25, 0.3) is 0 Å². The summed E-state index contributed by atoms with van der Waals surface area (Å²) in [6.07, 6.45) is -0.379. The van der Waals surface area contributed by atoms with E-state index in [1.807, 2.05) is 6.07 Å². The third-order valence-corrected chi connectivity index (χ3v) is 1.93. The Balaban J connectivity index is 4.69. The minimum Gasteiger partial charge on any atom is -0.458 e. The molecule has 6 heteroatoms. The number of hydrogen-bond acceptors (Lipinski definition) is 5. The van der Waals surface area contributed by atoms with Gasteiger partial charge in [-0.1, -0.05) is 0 Å². The first kappa shape index (κ1) is 18.2. The van der Waals surface area contributed by atoms with Gasteiger partial charge in [-0.3, -0.25) is 0 Å². The maximum Gasteiger partial charge on any atom is 0.408 e. The van der Waals surface area contributed by atoms with Crippen molar-refractivity contribution in [3.8, 4) is 6.07 Å². The Hall–Kier alpha value is -1.77. The van der Waals surface area contributed by atoms with Crippen molar-refractivity contribution in [2.24, 2.45) is 0 Å². The molecule has 0 rings (SSSR count). The van der Waals surface area contributed by atoms with Crippen LogP contribution in [0.2, 0.25) is 0 Å². The lowest BCUT2D eigenvalue weighted by atomic mass is 10.1. The Bertz CT molecular complexity index is 385. The first-order valence-electron chi connectivity index (χ1n) is 6.54. The largest absolute Gasteiger partial charge is 0.458 e. The quantitative estimate of drug-likeness (QED) is 0.801. The average Bonchev–Trinajstić information content (AvgIpc) is 2.18. The van der Waals surface area contributed by atoms with Crippen molar-refractivity contribution in [2.45, 2.75) is 71.6 Å². The van der Waals surface area contributed by atoms with Gasteiger partial charge in [0.1, 0.15) is 17.2 Å². The van der Waals surface area contributed by atoms with Crippen LogP contribution in [0.25, 0.3) is 0 Å². The molecule has 0 unspecified atom stereocenters. The SMILES string of the molecule is CC(C)(C)OC(=O)N[C@@H](CCC#N)C(=O)OC(C)(C)C. The molecule has 0 aliphatic rings. The number of amides is 1. The minimum absolute atomic E-state index is 0.139. The molecular weight excluding hydrogens is 260 g/mol. The molecule has 1 atom stereocenters. The fourth-order valence-electron chi connectivity index (χ4n) is 1.28. The number of rotatable bonds is 4. The minimum atomic E-state index is -0.885. The van der Waals surface area contributed by atoms with Crippen LogP contribution in [-0.2, 0) is 14.3 Å². The number of carbonyl (C=O) groups excluding carboxylic acids is 2. The fourth-order valence-corrected chi connectivity index (χ4v) is 1.28. The third-order valence-electron chi connectivity index (χ3n) is 1.93. The summed E-state index contributed by atoms with van der Waals surface area (Å²) in [4.78, 5) is 23.6. The summed E-state index contributed by atoms with van der Waals surface area (Å²) in [5, 5.41) is 11.0. The van der Waals surface area contributed by atoms with Crippen molar-refractivity contribution in [1.29, 1.82) is 5.26 Å². The van der Waals surface area contributed by atoms with Crippen molar-refractivity contribution < 1.29 is 19.1 Å². The van der Waals surface area contributed by atoms with E-state index in [1.54, 1.807) is 41.5 Å². The number of carbonyl (C=O) groups is 2. The number of esters is 1. The van der Waals surface area contributed by atoms with Crippen molar-refractivity contribution in [1.82, 2.24) is 5.32 Å². The van der Waals surface area contributed by atoms with Gasteiger partial charge in [-0.25, -0.2) is 9.59 Å². The highest BCUT2D eigenvalue weighted by Crippen LogP contribution is 2.12. The van der Waals surface area contributed by atoms with Gasteiger partial charge >= 0.3 is 12.1 Å². The summed E-state index contributed by atoms with van der Waals surface area (Å²) in [6, 6.07) is 1.05. The first-order chi connectivity index (χ1) is 8.94. The van der Waals surface area contributed by atoms with Gasteiger partial charge in [0.2, 0.25) is 0 Å². The summed E-state index contributed by atoms with van der Waals surface area (Å²) in [5.41, 5.74) is -1.31. The second kappa shape index (κ2) is 7.13. The van der Waals surface area contributed by atoms with Gasteiger partial charge in [0.15, 0.2) is 0 Å². The number of hydrogen-bond donors (Lipinski definition) is 1. The third kappa shape index (κ3) is 9.20. The van der Waals surface area contributed by atoms with Crippen LogP contribution in [0.4, 0.5) is 4.79 Å². The Kier molecular flexibility index (Phi) is 6.50. The molecular formula is C14H24N2O4. The van der Waals surface area contributed by atoms with E-state index in [0.29, 0.717) is 0 Å². The first-order valence-corrected chi connectivity index (χ1v) is 6.54. The summed E-state index contributed by atoms with van der Waals surface area (Å²) in [7, 11) is 0. The molecule has 0 aromatic heterocycles. The normalized spacial score (nSPS) is 13.1. The van der Waals surface area contributed by atoms with Crippen molar-refractivity contribution in [2.75, 3.05) is 0 Å². The predicted octanol–water partition coefficient (Wildman–Crippen LogP) is 2.53. The van der Waals surface area contributed by atoms with E-state index in [0.717, 1.165) is 0 Å². The average molecular weight is 284 g/mol. The molecule has 6 nitrogen and oxygen atoms in total. The van der Waals surface area contributed by atoms with Crippen molar-refractivity contribution in [3.63, 3.8) is 0 Å².